The molecule has 76 heavy (non-hydrogen) atoms. The molecule has 0 spiro atoms. The predicted molar refractivity (Wildman–Crippen MR) is 279 cm³/mol. The van der Waals surface area contributed by atoms with Gasteiger partial charge in [-0.25, -0.2) is 17.6 Å². The molecule has 2 atom stereocenters. The molecule has 2 fully saturated rings. The lowest BCUT2D eigenvalue weighted by molar-refractivity contribution is -0.130. The van der Waals surface area contributed by atoms with E-state index in [0.29, 0.717) is 74.7 Å². The van der Waals surface area contributed by atoms with E-state index >= 15 is 0 Å². The Bertz CT molecular complexity index is 2890. The van der Waals surface area contributed by atoms with Crippen LogP contribution in [0.25, 0.3) is 22.3 Å². The summed E-state index contributed by atoms with van der Waals surface area (Å²) in [5.74, 6) is 1.67. The Hall–Kier alpha value is -6.54. The van der Waals surface area contributed by atoms with Gasteiger partial charge in [-0.3, -0.25) is 28.3 Å². The van der Waals surface area contributed by atoms with Crippen molar-refractivity contribution in [3.63, 3.8) is 0 Å². The summed E-state index contributed by atoms with van der Waals surface area (Å²) in [6.07, 6.45) is 12.2. The van der Waals surface area contributed by atoms with E-state index in [1.807, 2.05) is 21.9 Å². The van der Waals surface area contributed by atoms with Crippen LogP contribution < -0.4 is 9.80 Å². The van der Waals surface area contributed by atoms with Crippen LogP contribution in [0.4, 0.5) is 40.6 Å². The van der Waals surface area contributed by atoms with Crippen LogP contribution >= 0.6 is 0 Å². The minimum Gasteiger partial charge on any atom is -0.381 e. The maximum Gasteiger partial charge on any atom is 0.264 e. The van der Waals surface area contributed by atoms with Gasteiger partial charge < -0.3 is 29.1 Å². The van der Waals surface area contributed by atoms with E-state index in [4.69, 9.17) is 19.7 Å². The lowest BCUT2D eigenvalue weighted by Gasteiger charge is -2.33. The van der Waals surface area contributed by atoms with E-state index in [2.05, 4.69) is 29.4 Å². The van der Waals surface area contributed by atoms with Crippen molar-refractivity contribution in [3.05, 3.63) is 93.8 Å². The van der Waals surface area contributed by atoms with Crippen molar-refractivity contribution in [1.29, 1.82) is 0 Å². The second-order valence-corrected chi connectivity index (χ2v) is 21.2. The Morgan fingerprint density at radius 3 is 1.38 bits per heavy atom. The molecule has 12 rings (SSSR count). The van der Waals surface area contributed by atoms with Gasteiger partial charge in [-0.2, -0.15) is 20.4 Å². The van der Waals surface area contributed by atoms with E-state index in [1.165, 1.54) is 0 Å². The van der Waals surface area contributed by atoms with E-state index in [1.54, 1.807) is 74.2 Å². The Morgan fingerprint density at radius 2 is 1.00 bits per heavy atom. The molecular formula is C56H68F4N12O4. The molecule has 0 unspecified atom stereocenters. The van der Waals surface area contributed by atoms with E-state index < -0.39 is 12.9 Å². The van der Waals surface area contributed by atoms with Gasteiger partial charge in [0, 0.05) is 162 Å². The molecule has 0 aliphatic carbocycles. The molecule has 404 valence electrons. The summed E-state index contributed by atoms with van der Waals surface area (Å²) in [6, 6.07) is 7.59. The fraction of sp³-hybridized carbons (Fsp3) is 0.536. The lowest BCUT2D eigenvalue weighted by Crippen LogP contribution is -2.35. The fourth-order valence-corrected chi connectivity index (χ4v) is 12.4. The van der Waals surface area contributed by atoms with Crippen LogP contribution in [0.2, 0.25) is 0 Å². The second kappa shape index (κ2) is 21.8. The largest absolute Gasteiger partial charge is 0.381 e. The zero-order valence-electron chi connectivity index (χ0n) is 44.0. The molecule has 2 amide bonds. The smallest absolute Gasteiger partial charge is 0.264 e. The Kier molecular flexibility index (Phi) is 14.8. The molecule has 6 aromatic rings. The number of hydrogen-bond donors (Lipinski definition) is 0. The quantitative estimate of drug-likeness (QED) is 0.136. The number of fused-ring (bicyclic) bond motifs is 4. The molecule has 10 heterocycles. The minimum atomic E-state index is -2.62. The predicted octanol–water partition coefficient (Wildman–Crippen LogP) is 9.90. The number of aromatic nitrogens is 8. The first-order valence-corrected chi connectivity index (χ1v) is 27.1. The molecule has 2 aromatic carbocycles. The number of aryl methyl sites for hydroxylation is 4. The Morgan fingerprint density at radius 1 is 0.566 bits per heavy atom. The van der Waals surface area contributed by atoms with Gasteiger partial charge in [0.1, 0.15) is 0 Å². The Labute approximate surface area is 440 Å². The van der Waals surface area contributed by atoms with Gasteiger partial charge in [0.2, 0.25) is 11.8 Å². The van der Waals surface area contributed by atoms with Crippen molar-refractivity contribution in [2.24, 2.45) is 14.1 Å². The van der Waals surface area contributed by atoms with Gasteiger partial charge in [0.05, 0.1) is 37.6 Å². The summed E-state index contributed by atoms with van der Waals surface area (Å²) >= 11 is 0. The van der Waals surface area contributed by atoms with Gasteiger partial charge in [-0.05, 0) is 111 Å². The third-order valence-electron chi connectivity index (χ3n) is 16.3. The minimum absolute atomic E-state index is 0.00299. The number of ether oxygens (including phenoxy) is 2. The number of hydrogen-bond acceptors (Lipinski definition) is 10. The van der Waals surface area contributed by atoms with Gasteiger partial charge in [-0.15, -0.1) is 0 Å². The number of benzene rings is 2. The average Bonchev–Trinajstić information content (AvgIpc) is 4.20. The highest BCUT2D eigenvalue weighted by atomic mass is 19.3. The van der Waals surface area contributed by atoms with Gasteiger partial charge >= 0.3 is 0 Å². The number of carbonyl (C=O) groups excluding carboxylic acids is 2. The molecule has 0 bridgehead atoms. The van der Waals surface area contributed by atoms with Crippen LogP contribution in [0.15, 0.2) is 49.1 Å². The number of halogens is 4. The van der Waals surface area contributed by atoms with Crippen LogP contribution in [-0.4, -0.2) is 113 Å². The third-order valence-corrected chi connectivity index (χ3v) is 16.3. The summed E-state index contributed by atoms with van der Waals surface area (Å²) in [7, 11) is 3.58. The summed E-state index contributed by atoms with van der Waals surface area (Å²) in [5.41, 5.74) is 10.5. The SMILES string of the molecule is CC(=O)N1CCc2c(c(N3CCCc4cc(-c5cnn(C)c5)c(C(F)F)cc43)nn2[C@@H]2CCCOCC2)C1.CC(=O)N1CCc2c(c(N3CCCc4cc(-c5cnn(C)c5)c(C(F)F)cc43)nn2[C@H]2CCCOCC2)C1. The summed E-state index contributed by atoms with van der Waals surface area (Å²) in [6.45, 7) is 9.83. The molecule has 4 aromatic heterocycles. The monoisotopic (exact) mass is 1050 g/mol. The lowest BCUT2D eigenvalue weighted by atomic mass is 9.92. The van der Waals surface area contributed by atoms with Crippen LogP contribution in [0.3, 0.4) is 0 Å². The van der Waals surface area contributed by atoms with Gasteiger partial charge in [-0.1, -0.05) is 0 Å². The van der Waals surface area contributed by atoms with Crippen molar-refractivity contribution >= 4 is 34.8 Å². The van der Waals surface area contributed by atoms with E-state index in [-0.39, 0.29) is 35.0 Å². The van der Waals surface area contributed by atoms with Crippen LogP contribution in [0.5, 0.6) is 0 Å². The van der Waals surface area contributed by atoms with Crippen LogP contribution in [-0.2, 0) is 71.9 Å². The molecule has 6 aliphatic rings. The number of nitrogens with zero attached hydrogens (tertiary/aromatic N) is 12. The molecule has 0 saturated carbocycles. The summed E-state index contributed by atoms with van der Waals surface area (Å²) in [4.78, 5) is 32.6. The molecule has 20 heteroatoms. The van der Waals surface area contributed by atoms with E-state index in [0.717, 1.165) is 147 Å². The average molecular weight is 1050 g/mol. The first kappa shape index (κ1) is 51.6. The standard InChI is InChI=1S/2C28H34F2N6O2/c2*1-18(37)34-10-7-25-24(17-34)28(32-36(25)21-6-4-11-38-12-8-21)35-9-3-5-19-13-22(20-15-31-33(2)16-20)23(27(29)30)14-26(19)35/h2*13-16,21,27H,3-12,17H2,1-2H3/t2*21-/m10/s1. The van der Waals surface area contributed by atoms with Crippen LogP contribution in [0, 0.1) is 0 Å². The summed E-state index contributed by atoms with van der Waals surface area (Å²) in [5, 5.41) is 18.8. The van der Waals surface area contributed by atoms with Crippen molar-refractivity contribution in [2.75, 3.05) is 62.4 Å². The zero-order chi connectivity index (χ0) is 52.8. The number of rotatable bonds is 8. The first-order valence-electron chi connectivity index (χ1n) is 27.1. The van der Waals surface area contributed by atoms with Crippen molar-refractivity contribution < 1.29 is 36.6 Å². The van der Waals surface area contributed by atoms with Gasteiger partial charge in [0.25, 0.3) is 12.9 Å². The molecule has 16 nitrogen and oxygen atoms in total. The highest BCUT2D eigenvalue weighted by Crippen LogP contribution is 2.46. The maximum atomic E-state index is 14.4. The number of amides is 2. The molecule has 6 aliphatic heterocycles. The normalized spacial score (nSPS) is 19.9. The highest BCUT2D eigenvalue weighted by molar-refractivity contribution is 5.80. The highest BCUT2D eigenvalue weighted by Gasteiger charge is 2.36. The Balaban J connectivity index is 0.000000162. The second-order valence-electron chi connectivity index (χ2n) is 21.2. The van der Waals surface area contributed by atoms with Gasteiger partial charge in [0.15, 0.2) is 11.6 Å². The molecule has 0 N–H and O–H groups in total. The molecular weight excluding hydrogens is 981 g/mol. The summed E-state index contributed by atoms with van der Waals surface area (Å²) < 4.78 is 76.6. The third kappa shape index (κ3) is 10.1. The molecule has 2 saturated heterocycles. The fourth-order valence-electron chi connectivity index (χ4n) is 12.4. The zero-order valence-corrected chi connectivity index (χ0v) is 44.0. The van der Waals surface area contributed by atoms with Crippen molar-refractivity contribution in [2.45, 2.75) is 129 Å². The number of carbonyl (C=O) groups is 2. The number of alkyl halides is 4. The van der Waals surface area contributed by atoms with Crippen LogP contribution in [0.1, 0.15) is 135 Å². The van der Waals surface area contributed by atoms with E-state index in [9.17, 15) is 27.2 Å². The number of anilines is 4. The first-order chi connectivity index (χ1) is 36.8. The topological polar surface area (TPSA) is 137 Å². The van der Waals surface area contributed by atoms with Crippen molar-refractivity contribution in [3.8, 4) is 22.3 Å². The molecule has 0 radical (unpaired) electrons. The maximum absolute atomic E-state index is 14.4. The van der Waals surface area contributed by atoms with Crippen molar-refractivity contribution in [1.82, 2.24) is 48.9 Å².